The van der Waals surface area contributed by atoms with Crippen LogP contribution in [0.15, 0.2) is 71.6 Å². The van der Waals surface area contributed by atoms with Crippen LogP contribution in [0.2, 0.25) is 10.0 Å². The SMILES string of the molecule is O=C(c1cc(Cl)ccc1NS(=O)(=O)c1ccc(Oc2ccccc2Cl)cc1)N(CC1CC1)C[C@H]1CCCO1. The van der Waals surface area contributed by atoms with Gasteiger partial charge in [-0.2, -0.15) is 0 Å². The van der Waals surface area contributed by atoms with Gasteiger partial charge in [-0.05, 0) is 86.2 Å². The van der Waals surface area contributed by atoms with E-state index in [0.717, 1.165) is 25.7 Å². The zero-order valence-corrected chi connectivity index (χ0v) is 22.9. The number of carbonyl (C=O) groups is 1. The molecule has 0 spiro atoms. The van der Waals surface area contributed by atoms with Gasteiger partial charge in [-0.15, -0.1) is 0 Å². The number of nitrogens with zero attached hydrogens (tertiary/aromatic N) is 1. The van der Waals surface area contributed by atoms with E-state index in [1.165, 1.54) is 24.3 Å². The van der Waals surface area contributed by atoms with Crippen LogP contribution in [0.3, 0.4) is 0 Å². The van der Waals surface area contributed by atoms with Gasteiger partial charge in [-0.3, -0.25) is 9.52 Å². The van der Waals surface area contributed by atoms with Crippen molar-refractivity contribution in [2.24, 2.45) is 5.92 Å². The number of nitrogens with one attached hydrogen (secondary N) is 1. The van der Waals surface area contributed by atoms with Crippen LogP contribution < -0.4 is 9.46 Å². The van der Waals surface area contributed by atoms with E-state index >= 15 is 0 Å². The van der Waals surface area contributed by atoms with Gasteiger partial charge in [0.15, 0.2) is 0 Å². The van der Waals surface area contributed by atoms with E-state index in [0.29, 0.717) is 47.2 Å². The molecule has 1 amide bonds. The summed E-state index contributed by atoms with van der Waals surface area (Å²) >= 11 is 12.4. The van der Waals surface area contributed by atoms with Crippen molar-refractivity contribution in [1.82, 2.24) is 4.90 Å². The normalized spacial score (nSPS) is 17.3. The number of carbonyl (C=O) groups excluding carboxylic acids is 1. The van der Waals surface area contributed by atoms with Crippen molar-refractivity contribution in [3.05, 3.63) is 82.3 Å². The summed E-state index contributed by atoms with van der Waals surface area (Å²) in [6.07, 6.45) is 4.03. The number of benzene rings is 3. The van der Waals surface area contributed by atoms with Crippen LogP contribution in [-0.2, 0) is 14.8 Å². The highest BCUT2D eigenvalue weighted by Gasteiger charge is 2.31. The van der Waals surface area contributed by atoms with Gasteiger partial charge in [0, 0.05) is 24.7 Å². The quantitative estimate of drug-likeness (QED) is 0.294. The highest BCUT2D eigenvalue weighted by Crippen LogP contribution is 2.33. The fraction of sp³-hybridized carbons (Fsp3) is 0.321. The topological polar surface area (TPSA) is 84.9 Å². The third-order valence-corrected chi connectivity index (χ3v) is 8.49. The van der Waals surface area contributed by atoms with Crippen LogP contribution >= 0.6 is 23.2 Å². The third kappa shape index (κ3) is 6.61. The lowest BCUT2D eigenvalue weighted by Crippen LogP contribution is -2.39. The maximum absolute atomic E-state index is 13.7. The molecule has 3 aromatic carbocycles. The van der Waals surface area contributed by atoms with Gasteiger partial charge in [0.05, 0.1) is 27.3 Å². The maximum Gasteiger partial charge on any atom is 0.261 e. The lowest BCUT2D eigenvalue weighted by Gasteiger charge is -2.26. The number of anilines is 1. The minimum Gasteiger partial charge on any atom is -0.456 e. The second-order valence-electron chi connectivity index (χ2n) is 9.59. The number of ether oxygens (including phenoxy) is 2. The van der Waals surface area contributed by atoms with Crippen LogP contribution in [0.25, 0.3) is 0 Å². The van der Waals surface area contributed by atoms with Crippen molar-refractivity contribution < 1.29 is 22.7 Å². The van der Waals surface area contributed by atoms with Crippen LogP contribution in [0, 0.1) is 5.92 Å². The first-order valence-corrected chi connectivity index (χ1v) is 14.8. The summed E-state index contributed by atoms with van der Waals surface area (Å²) in [6, 6.07) is 17.6. The summed E-state index contributed by atoms with van der Waals surface area (Å²) in [5, 5.41) is 0.793. The zero-order valence-electron chi connectivity index (χ0n) is 20.6. The third-order valence-electron chi connectivity index (χ3n) is 6.57. The molecule has 1 saturated carbocycles. The van der Waals surface area contributed by atoms with Crippen molar-refractivity contribution in [3.63, 3.8) is 0 Å². The van der Waals surface area contributed by atoms with E-state index in [4.69, 9.17) is 32.7 Å². The second kappa shape index (κ2) is 11.5. The van der Waals surface area contributed by atoms with Crippen LogP contribution in [0.1, 0.15) is 36.0 Å². The molecule has 1 aliphatic heterocycles. The van der Waals surface area contributed by atoms with E-state index in [9.17, 15) is 13.2 Å². The fourth-order valence-corrected chi connectivity index (χ4v) is 5.81. The minimum atomic E-state index is -4.01. The molecule has 1 N–H and O–H groups in total. The van der Waals surface area contributed by atoms with Crippen molar-refractivity contribution in [2.45, 2.75) is 36.7 Å². The Morgan fingerprint density at radius 1 is 1.00 bits per heavy atom. The van der Waals surface area contributed by atoms with Crippen molar-refractivity contribution >= 4 is 44.8 Å². The summed E-state index contributed by atoms with van der Waals surface area (Å²) < 4.78 is 40.6. The van der Waals surface area contributed by atoms with Crippen LogP contribution in [0.5, 0.6) is 11.5 Å². The lowest BCUT2D eigenvalue weighted by atomic mass is 10.1. The van der Waals surface area contributed by atoms with E-state index in [1.807, 2.05) is 0 Å². The summed E-state index contributed by atoms with van der Waals surface area (Å²) in [6.45, 7) is 1.78. The summed E-state index contributed by atoms with van der Waals surface area (Å²) in [4.78, 5) is 15.5. The molecule has 5 rings (SSSR count). The van der Waals surface area contributed by atoms with Gasteiger partial charge in [0.1, 0.15) is 11.5 Å². The summed E-state index contributed by atoms with van der Waals surface area (Å²) in [5.74, 6) is 1.09. The Bertz CT molecular complexity index is 1400. The van der Waals surface area contributed by atoms with Crippen molar-refractivity contribution in [3.8, 4) is 11.5 Å². The summed E-state index contributed by atoms with van der Waals surface area (Å²) in [7, 11) is -4.01. The average Bonchev–Trinajstić information content (AvgIpc) is 3.57. The zero-order chi connectivity index (χ0) is 26.7. The van der Waals surface area contributed by atoms with Gasteiger partial charge < -0.3 is 14.4 Å². The first kappa shape index (κ1) is 26.8. The number of halogens is 2. The molecule has 38 heavy (non-hydrogen) atoms. The van der Waals surface area contributed by atoms with Gasteiger partial charge in [-0.25, -0.2) is 8.42 Å². The molecule has 1 aliphatic carbocycles. The van der Waals surface area contributed by atoms with E-state index in [2.05, 4.69) is 4.72 Å². The van der Waals surface area contributed by atoms with Crippen LogP contribution in [-0.4, -0.2) is 45.0 Å². The highest BCUT2D eigenvalue weighted by atomic mass is 35.5. The number of hydrogen-bond acceptors (Lipinski definition) is 5. The van der Waals surface area contributed by atoms with Crippen LogP contribution in [0.4, 0.5) is 5.69 Å². The molecular formula is C28H28Cl2N2O5S. The minimum absolute atomic E-state index is 0.0106. The van der Waals surface area contributed by atoms with E-state index in [1.54, 1.807) is 47.4 Å². The fourth-order valence-electron chi connectivity index (χ4n) is 4.38. The van der Waals surface area contributed by atoms with Gasteiger partial charge in [-0.1, -0.05) is 35.3 Å². The Labute approximate surface area is 232 Å². The molecule has 3 aromatic rings. The largest absolute Gasteiger partial charge is 0.456 e. The number of hydrogen-bond donors (Lipinski definition) is 1. The van der Waals surface area contributed by atoms with E-state index < -0.39 is 10.0 Å². The standard InChI is InChI=1S/C28H28Cl2N2O5S/c29-20-9-14-26(24(16-20)28(33)32(17-19-7-8-19)18-22-4-3-15-36-22)31-38(34,35)23-12-10-21(11-13-23)37-27-6-2-1-5-25(27)30/h1-2,5-6,9-14,16,19,22,31H,3-4,7-8,15,17-18H2/t22-/m1/s1. The molecule has 1 atom stereocenters. The Morgan fingerprint density at radius 3 is 2.45 bits per heavy atom. The maximum atomic E-state index is 13.7. The lowest BCUT2D eigenvalue weighted by molar-refractivity contribution is 0.0516. The van der Waals surface area contributed by atoms with E-state index in [-0.39, 0.29) is 28.2 Å². The van der Waals surface area contributed by atoms with Gasteiger partial charge >= 0.3 is 0 Å². The molecule has 0 bridgehead atoms. The average molecular weight is 576 g/mol. The van der Waals surface area contributed by atoms with Crippen molar-refractivity contribution in [1.29, 1.82) is 0 Å². The van der Waals surface area contributed by atoms with Crippen molar-refractivity contribution in [2.75, 3.05) is 24.4 Å². The first-order chi connectivity index (χ1) is 18.3. The molecule has 0 radical (unpaired) electrons. The molecule has 2 aliphatic rings. The Kier molecular flexibility index (Phi) is 8.14. The number of rotatable bonds is 10. The number of amides is 1. The number of para-hydroxylation sites is 1. The molecule has 2 fully saturated rings. The predicted octanol–water partition coefficient (Wildman–Crippen LogP) is 6.62. The second-order valence-corrected chi connectivity index (χ2v) is 12.1. The molecule has 7 nitrogen and oxygen atoms in total. The molecule has 200 valence electrons. The molecule has 1 heterocycles. The molecular weight excluding hydrogens is 547 g/mol. The first-order valence-electron chi connectivity index (χ1n) is 12.5. The molecule has 1 saturated heterocycles. The Balaban J connectivity index is 1.35. The highest BCUT2D eigenvalue weighted by molar-refractivity contribution is 7.92. The molecule has 0 unspecified atom stereocenters. The Hall–Kier alpha value is -2.78. The Morgan fingerprint density at radius 2 is 1.76 bits per heavy atom. The van der Waals surface area contributed by atoms with Gasteiger partial charge in [0.25, 0.3) is 15.9 Å². The summed E-state index contributed by atoms with van der Waals surface area (Å²) in [5.41, 5.74) is 0.377. The van der Waals surface area contributed by atoms with Gasteiger partial charge in [0.2, 0.25) is 0 Å². The monoisotopic (exact) mass is 574 g/mol. The number of sulfonamides is 1. The molecule has 0 aromatic heterocycles. The molecule has 10 heteroatoms. The smallest absolute Gasteiger partial charge is 0.261 e. The predicted molar refractivity (Wildman–Crippen MR) is 148 cm³/mol.